The minimum atomic E-state index is -3.18. The Balaban J connectivity index is 1.73. The lowest BCUT2D eigenvalue weighted by molar-refractivity contribution is 0.592. The standard InChI is InChI=1S/C34H28NOP/c1-25-14-13-15-26(24-25)33-29-20-9-11-22-31(29)35(2)34(33)30-21-10-12-23-32(30)37(36,27-16-5-3-6-17-27)28-18-7-4-8-19-28/h3-24H,1-2H3. The number of nitrogens with zero attached hydrogens (tertiary/aromatic N) is 1. The summed E-state index contributed by atoms with van der Waals surface area (Å²) in [5, 5.41) is 3.72. The lowest BCUT2D eigenvalue weighted by Gasteiger charge is -2.23. The predicted octanol–water partition coefficient (Wildman–Crippen LogP) is 7.46. The molecule has 0 spiro atoms. The highest BCUT2D eigenvalue weighted by molar-refractivity contribution is 7.85. The molecule has 0 aliphatic carbocycles. The Labute approximate surface area is 218 Å². The van der Waals surface area contributed by atoms with Crippen molar-refractivity contribution in [2.45, 2.75) is 6.92 Å². The first-order valence-corrected chi connectivity index (χ1v) is 14.3. The van der Waals surface area contributed by atoms with Gasteiger partial charge in [0.25, 0.3) is 0 Å². The molecule has 3 heteroatoms. The first-order valence-electron chi connectivity index (χ1n) is 12.5. The molecule has 0 atom stereocenters. The van der Waals surface area contributed by atoms with E-state index in [-0.39, 0.29) is 0 Å². The number of para-hydroxylation sites is 1. The van der Waals surface area contributed by atoms with Gasteiger partial charge in [-0.25, -0.2) is 0 Å². The van der Waals surface area contributed by atoms with E-state index in [9.17, 15) is 0 Å². The van der Waals surface area contributed by atoms with Gasteiger partial charge in [0.2, 0.25) is 0 Å². The largest absolute Gasteiger partial charge is 0.343 e. The van der Waals surface area contributed by atoms with Crippen LogP contribution in [0.5, 0.6) is 0 Å². The fourth-order valence-electron chi connectivity index (χ4n) is 5.45. The van der Waals surface area contributed by atoms with E-state index in [4.69, 9.17) is 0 Å². The Hall–Kier alpha value is -4.13. The molecule has 0 fully saturated rings. The monoisotopic (exact) mass is 497 g/mol. The topological polar surface area (TPSA) is 22.0 Å². The Morgan fingerprint density at radius 3 is 1.89 bits per heavy atom. The van der Waals surface area contributed by atoms with E-state index in [0.29, 0.717) is 0 Å². The average molecular weight is 498 g/mol. The zero-order chi connectivity index (χ0) is 25.4. The van der Waals surface area contributed by atoms with Crippen molar-refractivity contribution >= 4 is 34.0 Å². The second-order valence-corrected chi connectivity index (χ2v) is 12.2. The van der Waals surface area contributed by atoms with E-state index < -0.39 is 7.14 Å². The lowest BCUT2D eigenvalue weighted by atomic mass is 9.97. The van der Waals surface area contributed by atoms with Crippen molar-refractivity contribution in [1.82, 2.24) is 4.57 Å². The summed E-state index contributed by atoms with van der Waals surface area (Å²) in [6, 6.07) is 45.2. The van der Waals surface area contributed by atoms with Gasteiger partial charge in [-0.05, 0) is 18.6 Å². The van der Waals surface area contributed by atoms with Crippen LogP contribution in [0.1, 0.15) is 5.56 Å². The second kappa shape index (κ2) is 9.39. The van der Waals surface area contributed by atoms with Crippen molar-refractivity contribution in [2.75, 3.05) is 0 Å². The van der Waals surface area contributed by atoms with Crippen LogP contribution >= 0.6 is 7.14 Å². The van der Waals surface area contributed by atoms with Gasteiger partial charge in [0.1, 0.15) is 0 Å². The van der Waals surface area contributed by atoms with Crippen molar-refractivity contribution in [3.63, 3.8) is 0 Å². The molecule has 0 aliphatic rings. The van der Waals surface area contributed by atoms with Crippen molar-refractivity contribution in [3.8, 4) is 22.4 Å². The van der Waals surface area contributed by atoms with Crippen LogP contribution in [-0.2, 0) is 11.6 Å². The van der Waals surface area contributed by atoms with Crippen LogP contribution in [-0.4, -0.2) is 4.57 Å². The van der Waals surface area contributed by atoms with Gasteiger partial charge in [0.15, 0.2) is 7.14 Å². The fraction of sp³-hybridized carbons (Fsp3) is 0.0588. The Bertz CT molecular complexity index is 1720. The van der Waals surface area contributed by atoms with Crippen LogP contribution in [0.25, 0.3) is 33.3 Å². The zero-order valence-corrected chi connectivity index (χ0v) is 21.9. The molecular weight excluding hydrogens is 469 g/mol. The maximum Gasteiger partial charge on any atom is 0.171 e. The number of hydrogen-bond acceptors (Lipinski definition) is 1. The second-order valence-electron chi connectivity index (χ2n) is 9.47. The van der Waals surface area contributed by atoms with Gasteiger partial charge in [-0.15, -0.1) is 0 Å². The molecule has 0 unspecified atom stereocenters. The Morgan fingerprint density at radius 1 is 0.622 bits per heavy atom. The van der Waals surface area contributed by atoms with Gasteiger partial charge in [-0.1, -0.05) is 133 Å². The Morgan fingerprint density at radius 2 is 1.22 bits per heavy atom. The molecule has 1 aromatic heterocycles. The fourth-order valence-corrected chi connectivity index (χ4v) is 8.31. The lowest BCUT2D eigenvalue weighted by Crippen LogP contribution is -2.26. The summed E-state index contributed by atoms with van der Waals surface area (Å²) in [5.74, 6) is 0. The number of benzene rings is 5. The average Bonchev–Trinajstić information content (AvgIpc) is 3.25. The molecule has 0 saturated carbocycles. The highest BCUT2D eigenvalue weighted by atomic mass is 31.2. The van der Waals surface area contributed by atoms with Gasteiger partial charge in [0.05, 0.1) is 5.69 Å². The molecule has 0 aliphatic heterocycles. The first-order chi connectivity index (χ1) is 18.1. The van der Waals surface area contributed by atoms with E-state index in [0.717, 1.165) is 38.3 Å². The van der Waals surface area contributed by atoms with Gasteiger partial charge in [-0.3, -0.25) is 0 Å². The molecule has 5 aromatic carbocycles. The molecule has 2 nitrogen and oxygen atoms in total. The SMILES string of the molecule is Cc1cccc(-c2c(-c3ccccc3P(=O)(c3ccccc3)c3ccccc3)n(C)c3ccccc23)c1. The van der Waals surface area contributed by atoms with Crippen LogP contribution in [0, 0.1) is 6.92 Å². The van der Waals surface area contributed by atoms with Crippen LogP contribution in [0.2, 0.25) is 0 Å². The van der Waals surface area contributed by atoms with Crippen LogP contribution < -0.4 is 15.9 Å². The predicted molar refractivity (Wildman–Crippen MR) is 158 cm³/mol. The zero-order valence-electron chi connectivity index (χ0n) is 21.0. The van der Waals surface area contributed by atoms with E-state index in [1.54, 1.807) is 0 Å². The summed E-state index contributed by atoms with van der Waals surface area (Å²) in [5.41, 5.74) is 6.77. The molecule has 6 rings (SSSR count). The molecule has 0 radical (unpaired) electrons. The Kier molecular flexibility index (Phi) is 5.91. The molecule has 1 heterocycles. The molecule has 0 amide bonds. The third-order valence-corrected chi connectivity index (χ3v) is 10.3. The van der Waals surface area contributed by atoms with Crippen molar-refractivity contribution in [1.29, 1.82) is 0 Å². The van der Waals surface area contributed by atoms with E-state index >= 15 is 4.57 Å². The minimum Gasteiger partial charge on any atom is -0.343 e. The molecule has 0 saturated heterocycles. The number of fused-ring (bicyclic) bond motifs is 1. The third kappa shape index (κ3) is 3.86. The number of hydrogen-bond donors (Lipinski definition) is 0. The van der Waals surface area contributed by atoms with Crippen molar-refractivity contribution < 1.29 is 4.57 Å². The van der Waals surface area contributed by atoms with Crippen LogP contribution in [0.15, 0.2) is 133 Å². The van der Waals surface area contributed by atoms with Crippen molar-refractivity contribution in [2.24, 2.45) is 7.05 Å². The number of aromatic nitrogens is 1. The van der Waals surface area contributed by atoms with Gasteiger partial charge in [-0.2, -0.15) is 0 Å². The number of rotatable bonds is 5. The van der Waals surface area contributed by atoms with E-state index in [1.165, 1.54) is 16.5 Å². The quantitative estimate of drug-likeness (QED) is 0.227. The van der Waals surface area contributed by atoms with Crippen LogP contribution in [0.3, 0.4) is 0 Å². The molecule has 180 valence electrons. The molecule has 37 heavy (non-hydrogen) atoms. The van der Waals surface area contributed by atoms with Crippen LogP contribution in [0.4, 0.5) is 0 Å². The minimum absolute atomic E-state index is 0.838. The number of aryl methyl sites for hydroxylation is 2. The molecular formula is C34H28NOP. The van der Waals surface area contributed by atoms with Crippen molar-refractivity contribution in [3.05, 3.63) is 139 Å². The molecule has 0 bridgehead atoms. The van der Waals surface area contributed by atoms with E-state index in [2.05, 4.69) is 79.2 Å². The highest BCUT2D eigenvalue weighted by Gasteiger charge is 2.33. The summed E-state index contributed by atoms with van der Waals surface area (Å²) in [4.78, 5) is 0. The summed E-state index contributed by atoms with van der Waals surface area (Å²) in [7, 11) is -1.06. The highest BCUT2D eigenvalue weighted by Crippen LogP contribution is 2.48. The summed E-state index contributed by atoms with van der Waals surface area (Å²) in [6.07, 6.45) is 0. The summed E-state index contributed by atoms with van der Waals surface area (Å²) < 4.78 is 17.7. The maximum absolute atomic E-state index is 15.4. The van der Waals surface area contributed by atoms with Gasteiger partial charge >= 0.3 is 0 Å². The molecule has 0 N–H and O–H groups in total. The maximum atomic E-state index is 15.4. The van der Waals surface area contributed by atoms with Gasteiger partial charge in [0, 0.05) is 45.0 Å². The smallest absolute Gasteiger partial charge is 0.171 e. The summed E-state index contributed by atoms with van der Waals surface area (Å²) in [6.45, 7) is 2.13. The first kappa shape index (κ1) is 23.3. The third-order valence-electron chi connectivity index (χ3n) is 7.15. The summed E-state index contributed by atoms with van der Waals surface area (Å²) >= 11 is 0. The molecule has 6 aromatic rings. The van der Waals surface area contributed by atoms with Gasteiger partial charge < -0.3 is 9.13 Å². The van der Waals surface area contributed by atoms with E-state index in [1.807, 2.05) is 72.8 Å². The normalized spacial score (nSPS) is 11.6.